The number of carbonyl (C=O) groups excluding carboxylic acids is 1. The zero-order valence-electron chi connectivity index (χ0n) is 12.0. The largest absolute Gasteiger partial charge is 0.496 e. The Hall–Kier alpha value is -1.75. The van der Waals surface area contributed by atoms with Gasteiger partial charge in [0.1, 0.15) is 5.75 Å². The predicted molar refractivity (Wildman–Crippen MR) is 78.2 cm³/mol. The van der Waals surface area contributed by atoms with Gasteiger partial charge in [-0.05, 0) is 43.5 Å². The van der Waals surface area contributed by atoms with E-state index >= 15 is 0 Å². The molecule has 0 bridgehead atoms. The van der Waals surface area contributed by atoms with Crippen molar-refractivity contribution in [3.05, 3.63) is 23.8 Å². The van der Waals surface area contributed by atoms with Crippen LogP contribution in [0.25, 0.3) is 0 Å². The molecule has 0 atom stereocenters. The van der Waals surface area contributed by atoms with E-state index in [1.807, 2.05) is 19.1 Å². The first kappa shape index (κ1) is 14.7. The molecule has 20 heavy (non-hydrogen) atoms. The third kappa shape index (κ3) is 3.22. The van der Waals surface area contributed by atoms with Gasteiger partial charge in [-0.2, -0.15) is 0 Å². The highest BCUT2D eigenvalue weighted by Crippen LogP contribution is 2.29. The molecular weight excluding hydrogens is 256 g/mol. The number of benzene rings is 1. The number of aliphatic hydroxyl groups excluding tert-OH is 1. The number of amides is 2. The number of nitrogens with one attached hydrogen (secondary N) is 2. The van der Waals surface area contributed by atoms with Gasteiger partial charge in [-0.3, -0.25) is 0 Å². The SMILES string of the molecule is COc1ccc(NC(=O)NC2(CO)CCCC2)cc1C. The molecule has 0 spiro atoms. The minimum Gasteiger partial charge on any atom is -0.496 e. The Bertz CT molecular complexity index is 482. The summed E-state index contributed by atoms with van der Waals surface area (Å²) in [5.41, 5.74) is 1.22. The molecule has 0 aliphatic heterocycles. The molecule has 0 saturated heterocycles. The van der Waals surface area contributed by atoms with Crippen LogP contribution >= 0.6 is 0 Å². The van der Waals surface area contributed by atoms with Crippen LogP contribution in [0.3, 0.4) is 0 Å². The zero-order valence-corrected chi connectivity index (χ0v) is 12.0. The lowest BCUT2D eigenvalue weighted by molar-refractivity contribution is 0.167. The molecule has 1 aliphatic carbocycles. The number of aliphatic hydroxyl groups is 1. The fourth-order valence-corrected chi connectivity index (χ4v) is 2.73. The van der Waals surface area contributed by atoms with Crippen molar-refractivity contribution < 1.29 is 14.6 Å². The van der Waals surface area contributed by atoms with Gasteiger partial charge >= 0.3 is 6.03 Å². The van der Waals surface area contributed by atoms with Crippen LogP contribution in [0.4, 0.5) is 10.5 Å². The standard InChI is InChI=1S/C15H22N2O3/c1-11-9-12(5-6-13(11)20-2)16-14(19)17-15(10-18)7-3-4-8-15/h5-6,9,18H,3-4,7-8,10H2,1-2H3,(H2,16,17,19). The van der Waals surface area contributed by atoms with Gasteiger partial charge < -0.3 is 20.5 Å². The summed E-state index contributed by atoms with van der Waals surface area (Å²) in [4.78, 5) is 12.0. The molecule has 1 aliphatic rings. The molecule has 2 amide bonds. The van der Waals surface area contributed by atoms with Crippen LogP contribution in [-0.4, -0.2) is 30.4 Å². The Kier molecular flexibility index (Phi) is 4.49. The summed E-state index contributed by atoms with van der Waals surface area (Å²) in [6, 6.07) is 5.21. The Labute approximate surface area is 119 Å². The predicted octanol–water partition coefficient (Wildman–Crippen LogP) is 2.43. The van der Waals surface area contributed by atoms with Crippen LogP contribution in [-0.2, 0) is 0 Å². The van der Waals surface area contributed by atoms with Crippen LogP contribution in [0, 0.1) is 6.92 Å². The van der Waals surface area contributed by atoms with Crippen molar-refractivity contribution in [2.75, 3.05) is 19.0 Å². The van der Waals surface area contributed by atoms with Crippen molar-refractivity contribution in [3.8, 4) is 5.75 Å². The summed E-state index contributed by atoms with van der Waals surface area (Å²) in [6.45, 7) is 1.91. The second-order valence-corrected chi connectivity index (χ2v) is 5.41. The van der Waals surface area contributed by atoms with Crippen molar-refractivity contribution in [2.24, 2.45) is 0 Å². The molecule has 1 saturated carbocycles. The summed E-state index contributed by atoms with van der Waals surface area (Å²) in [6.07, 6.45) is 3.75. The first-order valence-corrected chi connectivity index (χ1v) is 6.93. The third-order valence-electron chi connectivity index (χ3n) is 3.89. The van der Waals surface area contributed by atoms with E-state index in [2.05, 4.69) is 10.6 Å². The van der Waals surface area contributed by atoms with Crippen molar-refractivity contribution in [1.82, 2.24) is 5.32 Å². The highest BCUT2D eigenvalue weighted by molar-refractivity contribution is 5.90. The number of hydrogen-bond acceptors (Lipinski definition) is 3. The minimum atomic E-state index is -0.453. The average Bonchev–Trinajstić information content (AvgIpc) is 2.88. The van der Waals surface area contributed by atoms with Crippen molar-refractivity contribution in [3.63, 3.8) is 0 Å². The fraction of sp³-hybridized carbons (Fsp3) is 0.533. The van der Waals surface area contributed by atoms with Gasteiger partial charge in [0.2, 0.25) is 0 Å². The number of methoxy groups -OCH3 is 1. The number of aryl methyl sites for hydroxylation is 1. The second-order valence-electron chi connectivity index (χ2n) is 5.41. The van der Waals surface area contributed by atoms with Gasteiger partial charge in [-0.25, -0.2) is 4.79 Å². The van der Waals surface area contributed by atoms with Crippen LogP contribution in [0.5, 0.6) is 5.75 Å². The highest BCUT2D eigenvalue weighted by Gasteiger charge is 2.34. The number of ether oxygens (including phenoxy) is 1. The lowest BCUT2D eigenvalue weighted by Gasteiger charge is -2.28. The van der Waals surface area contributed by atoms with E-state index in [1.54, 1.807) is 13.2 Å². The molecule has 1 aromatic rings. The van der Waals surface area contributed by atoms with Gasteiger partial charge in [-0.1, -0.05) is 12.8 Å². The van der Waals surface area contributed by atoms with Gasteiger partial charge in [0.25, 0.3) is 0 Å². The summed E-state index contributed by atoms with van der Waals surface area (Å²) in [5.74, 6) is 0.790. The number of rotatable bonds is 4. The molecule has 1 fully saturated rings. The molecule has 0 heterocycles. The number of urea groups is 1. The minimum absolute atomic E-state index is 0.0118. The van der Waals surface area contributed by atoms with Crippen LogP contribution < -0.4 is 15.4 Å². The van der Waals surface area contributed by atoms with E-state index in [4.69, 9.17) is 4.74 Å². The third-order valence-corrected chi connectivity index (χ3v) is 3.89. The van der Waals surface area contributed by atoms with Gasteiger partial charge in [0.05, 0.1) is 19.3 Å². The number of hydrogen-bond donors (Lipinski definition) is 3. The average molecular weight is 278 g/mol. The molecule has 3 N–H and O–H groups in total. The maximum atomic E-state index is 12.0. The quantitative estimate of drug-likeness (QED) is 0.792. The molecule has 110 valence electrons. The van der Waals surface area contributed by atoms with Gasteiger partial charge in [-0.15, -0.1) is 0 Å². The molecular formula is C15H22N2O3. The molecule has 2 rings (SSSR count). The summed E-state index contributed by atoms with van der Waals surface area (Å²) < 4.78 is 5.18. The molecule has 5 heteroatoms. The molecule has 0 radical (unpaired) electrons. The molecule has 1 aromatic carbocycles. The Morgan fingerprint density at radius 3 is 2.65 bits per heavy atom. The first-order chi connectivity index (χ1) is 9.58. The van der Waals surface area contributed by atoms with Crippen molar-refractivity contribution >= 4 is 11.7 Å². The topological polar surface area (TPSA) is 70.6 Å². The lowest BCUT2D eigenvalue weighted by Crippen LogP contribution is -2.50. The molecule has 0 unspecified atom stereocenters. The maximum absolute atomic E-state index is 12.0. The van der Waals surface area contributed by atoms with Crippen LogP contribution in [0.2, 0.25) is 0 Å². The summed E-state index contributed by atoms with van der Waals surface area (Å²) in [5, 5.41) is 15.2. The maximum Gasteiger partial charge on any atom is 0.319 e. The Morgan fingerprint density at radius 1 is 1.40 bits per heavy atom. The van der Waals surface area contributed by atoms with E-state index < -0.39 is 5.54 Å². The van der Waals surface area contributed by atoms with E-state index in [0.717, 1.165) is 37.0 Å². The van der Waals surface area contributed by atoms with E-state index in [-0.39, 0.29) is 12.6 Å². The highest BCUT2D eigenvalue weighted by atomic mass is 16.5. The summed E-state index contributed by atoms with van der Waals surface area (Å²) in [7, 11) is 1.62. The van der Waals surface area contributed by atoms with Crippen LogP contribution in [0.15, 0.2) is 18.2 Å². The first-order valence-electron chi connectivity index (χ1n) is 6.93. The van der Waals surface area contributed by atoms with Gasteiger partial charge in [0, 0.05) is 5.69 Å². The smallest absolute Gasteiger partial charge is 0.319 e. The number of carbonyl (C=O) groups is 1. The van der Waals surface area contributed by atoms with E-state index in [0.29, 0.717) is 5.69 Å². The van der Waals surface area contributed by atoms with Crippen molar-refractivity contribution in [2.45, 2.75) is 38.1 Å². The monoisotopic (exact) mass is 278 g/mol. The zero-order chi connectivity index (χ0) is 14.6. The number of anilines is 1. The normalized spacial score (nSPS) is 16.8. The second kappa shape index (κ2) is 6.13. The molecule has 0 aromatic heterocycles. The van der Waals surface area contributed by atoms with Crippen molar-refractivity contribution in [1.29, 1.82) is 0 Å². The Balaban J connectivity index is 1.99. The summed E-state index contributed by atoms with van der Waals surface area (Å²) >= 11 is 0. The lowest BCUT2D eigenvalue weighted by atomic mass is 9.99. The Morgan fingerprint density at radius 2 is 2.10 bits per heavy atom. The van der Waals surface area contributed by atoms with E-state index in [1.165, 1.54) is 0 Å². The van der Waals surface area contributed by atoms with Gasteiger partial charge in [0.15, 0.2) is 0 Å². The fourth-order valence-electron chi connectivity index (χ4n) is 2.73. The molecule has 5 nitrogen and oxygen atoms in total. The van der Waals surface area contributed by atoms with Crippen LogP contribution in [0.1, 0.15) is 31.2 Å². The van der Waals surface area contributed by atoms with E-state index in [9.17, 15) is 9.90 Å².